The molecule has 1 saturated heterocycles. The number of pyridine rings is 1. The molecule has 6 nitrogen and oxygen atoms in total. The van der Waals surface area contributed by atoms with Gasteiger partial charge in [0.05, 0.1) is 0 Å². The van der Waals surface area contributed by atoms with E-state index >= 15 is 0 Å². The molecule has 28 heavy (non-hydrogen) atoms. The lowest BCUT2D eigenvalue weighted by Crippen LogP contribution is -2.44. The van der Waals surface area contributed by atoms with Crippen molar-refractivity contribution in [3.05, 3.63) is 58.7 Å². The van der Waals surface area contributed by atoms with Crippen molar-refractivity contribution >= 4 is 23.4 Å². The Kier molecular flexibility index (Phi) is 7.51. The molecule has 2 heterocycles. The predicted octanol–water partition coefficient (Wildman–Crippen LogP) is 2.39. The Hall–Kier alpha value is -2.31. The molecule has 0 aliphatic carbocycles. The van der Waals surface area contributed by atoms with Crippen LogP contribution < -0.4 is 15.5 Å². The zero-order chi connectivity index (χ0) is 19.8. The molecule has 0 amide bonds. The van der Waals surface area contributed by atoms with Gasteiger partial charge in [0, 0.05) is 57.5 Å². The molecule has 0 unspecified atom stereocenters. The Morgan fingerprint density at radius 2 is 1.89 bits per heavy atom. The Balaban J connectivity index is 1.44. The van der Waals surface area contributed by atoms with Crippen LogP contribution in [0.15, 0.2) is 47.6 Å². The number of nitrogens with one attached hydrogen (secondary N) is 2. The lowest BCUT2D eigenvalue weighted by atomic mass is 10.1. The summed E-state index contributed by atoms with van der Waals surface area (Å²) >= 11 is 6.20. The molecule has 150 valence electrons. The van der Waals surface area contributed by atoms with E-state index in [1.165, 1.54) is 0 Å². The van der Waals surface area contributed by atoms with E-state index in [9.17, 15) is 0 Å². The molecule has 1 aliphatic heterocycles. The molecular weight excluding hydrogens is 372 g/mol. The first-order chi connectivity index (χ1) is 13.7. The van der Waals surface area contributed by atoms with Crippen LogP contribution in [0.2, 0.25) is 5.02 Å². The summed E-state index contributed by atoms with van der Waals surface area (Å²) in [6, 6.07) is 12.2. The fourth-order valence-corrected chi connectivity index (χ4v) is 3.40. The average Bonchev–Trinajstić information content (AvgIpc) is 2.73. The molecule has 1 aromatic heterocycles. The maximum Gasteiger partial charge on any atom is 0.191 e. The average molecular weight is 401 g/mol. The number of likely N-dealkylation sites (N-methyl/N-ethyl adjacent to an activating group) is 1. The van der Waals surface area contributed by atoms with Crippen molar-refractivity contribution in [2.75, 3.05) is 51.7 Å². The van der Waals surface area contributed by atoms with E-state index in [4.69, 9.17) is 11.6 Å². The molecule has 1 aliphatic rings. The lowest BCUT2D eigenvalue weighted by molar-refractivity contribution is 0.312. The third kappa shape index (κ3) is 5.84. The summed E-state index contributed by atoms with van der Waals surface area (Å²) in [5.41, 5.74) is 2.27. The zero-order valence-electron chi connectivity index (χ0n) is 16.7. The quantitative estimate of drug-likeness (QED) is 0.576. The van der Waals surface area contributed by atoms with Crippen molar-refractivity contribution in [3.8, 4) is 0 Å². The molecule has 1 fully saturated rings. The van der Waals surface area contributed by atoms with Gasteiger partial charge in [-0.25, -0.2) is 4.98 Å². The van der Waals surface area contributed by atoms with E-state index in [2.05, 4.69) is 49.6 Å². The van der Waals surface area contributed by atoms with Crippen molar-refractivity contribution in [1.82, 2.24) is 20.5 Å². The number of rotatable bonds is 6. The van der Waals surface area contributed by atoms with Crippen molar-refractivity contribution in [2.24, 2.45) is 4.99 Å². The first kappa shape index (κ1) is 20.4. The topological polar surface area (TPSA) is 55.8 Å². The number of benzene rings is 1. The fraction of sp³-hybridized carbons (Fsp3) is 0.429. The van der Waals surface area contributed by atoms with Crippen LogP contribution in [0.5, 0.6) is 0 Å². The predicted molar refractivity (Wildman–Crippen MR) is 117 cm³/mol. The molecular formula is C21H29ClN6. The van der Waals surface area contributed by atoms with Crippen LogP contribution in [0.1, 0.15) is 11.1 Å². The highest BCUT2D eigenvalue weighted by Gasteiger charge is 2.14. The number of aliphatic imine (C=N–C) groups is 1. The highest BCUT2D eigenvalue weighted by molar-refractivity contribution is 6.31. The first-order valence-corrected chi connectivity index (χ1v) is 10.1. The molecule has 0 spiro atoms. The number of piperazine rings is 1. The van der Waals surface area contributed by atoms with Crippen LogP contribution in [0.4, 0.5) is 5.82 Å². The second-order valence-corrected chi connectivity index (χ2v) is 7.42. The number of hydrogen-bond donors (Lipinski definition) is 2. The highest BCUT2D eigenvalue weighted by Crippen LogP contribution is 2.15. The summed E-state index contributed by atoms with van der Waals surface area (Å²) in [6.45, 7) is 5.68. The summed E-state index contributed by atoms with van der Waals surface area (Å²) in [4.78, 5) is 13.6. The van der Waals surface area contributed by atoms with Gasteiger partial charge in [-0.3, -0.25) is 4.99 Å². The van der Waals surface area contributed by atoms with Gasteiger partial charge in [0.25, 0.3) is 0 Å². The maximum absolute atomic E-state index is 6.20. The van der Waals surface area contributed by atoms with Gasteiger partial charge in [-0.05, 0) is 36.7 Å². The van der Waals surface area contributed by atoms with E-state index in [-0.39, 0.29) is 0 Å². The van der Waals surface area contributed by atoms with Gasteiger partial charge in [-0.1, -0.05) is 35.9 Å². The molecule has 3 rings (SSSR count). The third-order valence-corrected chi connectivity index (χ3v) is 5.33. The normalized spacial score (nSPS) is 15.5. The molecule has 0 bridgehead atoms. The van der Waals surface area contributed by atoms with E-state index in [0.29, 0.717) is 6.54 Å². The van der Waals surface area contributed by atoms with Crippen molar-refractivity contribution in [1.29, 1.82) is 0 Å². The van der Waals surface area contributed by atoms with Gasteiger partial charge in [-0.15, -0.1) is 0 Å². The summed E-state index contributed by atoms with van der Waals surface area (Å²) in [5.74, 6) is 1.83. The van der Waals surface area contributed by atoms with Crippen LogP contribution >= 0.6 is 11.6 Å². The Morgan fingerprint density at radius 3 is 2.57 bits per heavy atom. The number of halogens is 1. The lowest BCUT2D eigenvalue weighted by Gasteiger charge is -2.33. The van der Waals surface area contributed by atoms with E-state index < -0.39 is 0 Å². The monoisotopic (exact) mass is 400 g/mol. The van der Waals surface area contributed by atoms with Gasteiger partial charge in [0.2, 0.25) is 0 Å². The Bertz CT molecular complexity index is 769. The first-order valence-electron chi connectivity index (χ1n) is 9.72. The highest BCUT2D eigenvalue weighted by atomic mass is 35.5. The van der Waals surface area contributed by atoms with Crippen LogP contribution in [-0.2, 0) is 13.0 Å². The Morgan fingerprint density at radius 1 is 1.11 bits per heavy atom. The molecule has 2 aromatic rings. The molecule has 2 N–H and O–H groups in total. The van der Waals surface area contributed by atoms with Crippen molar-refractivity contribution in [2.45, 2.75) is 13.0 Å². The van der Waals surface area contributed by atoms with Crippen LogP contribution in [0.25, 0.3) is 0 Å². The van der Waals surface area contributed by atoms with Gasteiger partial charge in [-0.2, -0.15) is 0 Å². The number of hydrogen-bond acceptors (Lipinski definition) is 4. The van der Waals surface area contributed by atoms with Gasteiger partial charge in [0.1, 0.15) is 5.82 Å². The standard InChI is InChI=1S/C21H29ClN6/c1-23-21(24-10-9-18-5-3-4-6-19(18)22)26-16-17-7-8-20(25-15-17)28-13-11-27(2)12-14-28/h3-8,15H,9-14,16H2,1-2H3,(H2,23,24,26). The van der Waals surface area contributed by atoms with E-state index in [1.54, 1.807) is 7.05 Å². The van der Waals surface area contributed by atoms with E-state index in [0.717, 1.165) is 67.1 Å². The van der Waals surface area contributed by atoms with Crippen LogP contribution in [0, 0.1) is 0 Å². The van der Waals surface area contributed by atoms with Crippen LogP contribution in [0.3, 0.4) is 0 Å². The Labute approximate surface area is 172 Å². The third-order valence-electron chi connectivity index (χ3n) is 4.96. The minimum absolute atomic E-state index is 0.682. The number of aromatic nitrogens is 1. The molecule has 0 radical (unpaired) electrons. The fourth-order valence-electron chi connectivity index (χ4n) is 3.17. The van der Waals surface area contributed by atoms with Gasteiger partial charge >= 0.3 is 0 Å². The second-order valence-electron chi connectivity index (χ2n) is 7.01. The van der Waals surface area contributed by atoms with Gasteiger partial charge in [0.15, 0.2) is 5.96 Å². The largest absolute Gasteiger partial charge is 0.356 e. The van der Waals surface area contributed by atoms with Crippen molar-refractivity contribution < 1.29 is 0 Å². The van der Waals surface area contributed by atoms with Gasteiger partial charge < -0.3 is 20.4 Å². The zero-order valence-corrected chi connectivity index (χ0v) is 17.4. The summed E-state index contributed by atoms with van der Waals surface area (Å²) in [7, 11) is 3.94. The molecule has 7 heteroatoms. The smallest absolute Gasteiger partial charge is 0.191 e. The van der Waals surface area contributed by atoms with Crippen LogP contribution in [-0.4, -0.2) is 62.7 Å². The number of guanidine groups is 1. The SMILES string of the molecule is CN=C(NCCc1ccccc1Cl)NCc1ccc(N2CCN(C)CC2)nc1. The summed E-state index contributed by atoms with van der Waals surface area (Å²) in [5, 5.41) is 7.47. The van der Waals surface area contributed by atoms with E-state index in [1.807, 2.05) is 30.5 Å². The molecule has 0 saturated carbocycles. The molecule has 0 atom stereocenters. The minimum atomic E-state index is 0.682. The minimum Gasteiger partial charge on any atom is -0.356 e. The number of anilines is 1. The molecule has 1 aromatic carbocycles. The summed E-state index contributed by atoms with van der Waals surface area (Å²) < 4.78 is 0. The number of nitrogens with zero attached hydrogens (tertiary/aromatic N) is 4. The van der Waals surface area contributed by atoms with Crippen molar-refractivity contribution in [3.63, 3.8) is 0 Å². The maximum atomic E-state index is 6.20. The summed E-state index contributed by atoms with van der Waals surface area (Å²) in [6.07, 6.45) is 2.79. The second kappa shape index (κ2) is 10.3.